The Hall–Kier alpha value is -3.73. The topological polar surface area (TPSA) is 91.7 Å². The SMILES string of the molecule is CNC1CCN(C(=O)c2cccc(-c3cnc4[nH]c(-c5cnn(CC(F)(F)F)c5)cc4c3)n2)C1. The third kappa shape index (κ3) is 4.51. The molecule has 0 radical (unpaired) electrons. The Labute approximate surface area is 192 Å². The molecule has 1 unspecified atom stereocenters. The van der Waals surface area contributed by atoms with Gasteiger partial charge in [0.2, 0.25) is 0 Å². The van der Waals surface area contributed by atoms with Crippen molar-refractivity contribution >= 4 is 16.9 Å². The first-order valence-electron chi connectivity index (χ1n) is 10.8. The molecule has 5 heterocycles. The summed E-state index contributed by atoms with van der Waals surface area (Å²) >= 11 is 0. The molecular formula is C23H22F3N7O. The summed E-state index contributed by atoms with van der Waals surface area (Å²) < 4.78 is 38.7. The first kappa shape index (κ1) is 22.1. The number of H-pyrrole nitrogens is 1. The van der Waals surface area contributed by atoms with Crippen LogP contribution < -0.4 is 5.32 Å². The van der Waals surface area contributed by atoms with Crippen molar-refractivity contribution in [3.8, 4) is 22.5 Å². The van der Waals surface area contributed by atoms with Gasteiger partial charge in [0.05, 0.1) is 17.6 Å². The van der Waals surface area contributed by atoms with Crippen LogP contribution in [0.2, 0.25) is 0 Å². The molecule has 0 saturated carbocycles. The normalized spacial score (nSPS) is 16.5. The minimum absolute atomic E-state index is 0.103. The number of likely N-dealkylation sites (N-methyl/N-ethyl adjacent to an activating group) is 1. The summed E-state index contributed by atoms with van der Waals surface area (Å²) in [5, 5.41) is 7.76. The number of aromatic nitrogens is 5. The van der Waals surface area contributed by atoms with Crippen LogP contribution in [0.25, 0.3) is 33.5 Å². The highest BCUT2D eigenvalue weighted by atomic mass is 19.4. The quantitative estimate of drug-likeness (QED) is 0.467. The van der Waals surface area contributed by atoms with E-state index in [1.807, 2.05) is 19.2 Å². The summed E-state index contributed by atoms with van der Waals surface area (Å²) in [6, 6.07) is 9.29. The number of aromatic amines is 1. The number of halogens is 3. The molecule has 1 atom stereocenters. The van der Waals surface area contributed by atoms with Gasteiger partial charge in [-0.3, -0.25) is 9.48 Å². The molecule has 11 heteroatoms. The maximum absolute atomic E-state index is 12.9. The fraction of sp³-hybridized carbons (Fsp3) is 0.304. The van der Waals surface area contributed by atoms with E-state index in [-0.39, 0.29) is 5.91 Å². The van der Waals surface area contributed by atoms with E-state index in [2.05, 4.69) is 25.4 Å². The van der Waals surface area contributed by atoms with Crippen molar-refractivity contribution in [2.24, 2.45) is 0 Å². The van der Waals surface area contributed by atoms with E-state index in [9.17, 15) is 18.0 Å². The van der Waals surface area contributed by atoms with E-state index >= 15 is 0 Å². The lowest BCUT2D eigenvalue weighted by Gasteiger charge is -2.16. The monoisotopic (exact) mass is 469 g/mol. The molecule has 4 aromatic heterocycles. The van der Waals surface area contributed by atoms with Gasteiger partial charge in [-0.1, -0.05) is 6.07 Å². The number of carbonyl (C=O) groups is 1. The van der Waals surface area contributed by atoms with Crippen molar-refractivity contribution in [1.82, 2.24) is 34.9 Å². The molecule has 2 N–H and O–H groups in total. The molecule has 1 amide bonds. The highest BCUT2D eigenvalue weighted by Gasteiger charge is 2.29. The van der Waals surface area contributed by atoms with Crippen LogP contribution in [0.5, 0.6) is 0 Å². The van der Waals surface area contributed by atoms with Gasteiger partial charge in [0, 0.05) is 48.0 Å². The van der Waals surface area contributed by atoms with E-state index in [1.165, 1.54) is 12.4 Å². The van der Waals surface area contributed by atoms with Crippen molar-refractivity contribution in [3.63, 3.8) is 0 Å². The van der Waals surface area contributed by atoms with Gasteiger partial charge in [-0.05, 0) is 37.7 Å². The van der Waals surface area contributed by atoms with Gasteiger partial charge in [0.1, 0.15) is 17.9 Å². The Bertz CT molecular complexity index is 1340. The standard InChI is InChI=1S/C23H22F3N7O/c1-27-17-5-6-32(12-17)22(34)19-4-2-3-18(30-19)15-7-14-8-20(31-21(14)28-9-15)16-10-29-33(11-16)13-23(24,25)26/h2-4,7-11,17,27H,5-6,12-13H2,1H3,(H,28,31). The maximum atomic E-state index is 12.9. The molecule has 1 saturated heterocycles. The molecule has 4 aromatic rings. The van der Waals surface area contributed by atoms with Gasteiger partial charge in [-0.25, -0.2) is 9.97 Å². The number of alkyl halides is 3. The molecule has 0 aliphatic carbocycles. The van der Waals surface area contributed by atoms with Gasteiger partial charge < -0.3 is 15.2 Å². The predicted octanol–water partition coefficient (Wildman–Crippen LogP) is 3.48. The second-order valence-corrected chi connectivity index (χ2v) is 8.32. The zero-order valence-corrected chi connectivity index (χ0v) is 18.3. The van der Waals surface area contributed by atoms with Crippen LogP contribution in [0, 0.1) is 0 Å². The van der Waals surface area contributed by atoms with Crippen LogP contribution in [-0.4, -0.2) is 67.9 Å². The van der Waals surface area contributed by atoms with Crippen LogP contribution in [0.1, 0.15) is 16.9 Å². The molecule has 34 heavy (non-hydrogen) atoms. The summed E-state index contributed by atoms with van der Waals surface area (Å²) in [6.07, 6.45) is 0.941. The number of hydrogen-bond donors (Lipinski definition) is 2. The first-order valence-corrected chi connectivity index (χ1v) is 10.8. The average molecular weight is 469 g/mol. The summed E-state index contributed by atoms with van der Waals surface area (Å²) in [6.45, 7) is 0.194. The lowest BCUT2D eigenvalue weighted by molar-refractivity contribution is -0.142. The number of hydrogen-bond acceptors (Lipinski definition) is 5. The number of rotatable bonds is 5. The van der Waals surface area contributed by atoms with E-state index < -0.39 is 12.7 Å². The van der Waals surface area contributed by atoms with E-state index in [0.29, 0.717) is 47.4 Å². The molecule has 1 fully saturated rings. The number of amides is 1. The van der Waals surface area contributed by atoms with E-state index in [4.69, 9.17) is 0 Å². The molecule has 5 rings (SSSR count). The van der Waals surface area contributed by atoms with Crippen LogP contribution >= 0.6 is 0 Å². The van der Waals surface area contributed by atoms with E-state index in [0.717, 1.165) is 22.1 Å². The lowest BCUT2D eigenvalue weighted by Crippen LogP contribution is -2.33. The number of nitrogens with zero attached hydrogens (tertiary/aromatic N) is 5. The minimum Gasteiger partial charge on any atom is -0.339 e. The average Bonchev–Trinajstić information content (AvgIpc) is 3.56. The fourth-order valence-corrected chi connectivity index (χ4v) is 4.14. The van der Waals surface area contributed by atoms with Crippen molar-refractivity contribution in [1.29, 1.82) is 0 Å². The summed E-state index contributed by atoms with van der Waals surface area (Å²) in [7, 11) is 1.89. The fourth-order valence-electron chi connectivity index (χ4n) is 4.14. The Morgan fingerprint density at radius 1 is 1.24 bits per heavy atom. The van der Waals surface area contributed by atoms with Gasteiger partial charge >= 0.3 is 6.18 Å². The Kier molecular flexibility index (Phi) is 5.56. The van der Waals surface area contributed by atoms with Crippen LogP contribution in [-0.2, 0) is 6.54 Å². The zero-order valence-electron chi connectivity index (χ0n) is 18.3. The minimum atomic E-state index is -4.34. The van der Waals surface area contributed by atoms with Crippen molar-refractivity contribution in [2.45, 2.75) is 25.2 Å². The lowest BCUT2D eigenvalue weighted by atomic mass is 10.1. The molecule has 1 aliphatic rings. The Balaban J connectivity index is 1.39. The second-order valence-electron chi connectivity index (χ2n) is 8.32. The first-order chi connectivity index (χ1) is 16.3. The van der Waals surface area contributed by atoms with Gasteiger partial charge in [0.25, 0.3) is 5.91 Å². The molecule has 176 valence electrons. The summed E-state index contributed by atoms with van der Waals surface area (Å²) in [5.74, 6) is -0.103. The smallest absolute Gasteiger partial charge is 0.339 e. The van der Waals surface area contributed by atoms with Gasteiger partial charge in [-0.2, -0.15) is 18.3 Å². The zero-order chi connectivity index (χ0) is 23.9. The second kappa shape index (κ2) is 8.56. The molecule has 0 aromatic carbocycles. The third-order valence-corrected chi connectivity index (χ3v) is 5.90. The third-order valence-electron chi connectivity index (χ3n) is 5.90. The summed E-state index contributed by atoms with van der Waals surface area (Å²) in [4.78, 5) is 26.8. The maximum Gasteiger partial charge on any atom is 0.408 e. The highest BCUT2D eigenvalue weighted by molar-refractivity contribution is 5.93. The molecule has 8 nitrogen and oxygen atoms in total. The Morgan fingerprint density at radius 3 is 2.85 bits per heavy atom. The molecule has 1 aliphatic heterocycles. The number of carbonyl (C=O) groups excluding carboxylic acids is 1. The van der Waals surface area contributed by atoms with Crippen molar-refractivity contribution in [3.05, 3.63) is 54.6 Å². The molecule has 0 spiro atoms. The predicted molar refractivity (Wildman–Crippen MR) is 120 cm³/mol. The van der Waals surface area contributed by atoms with Crippen LogP contribution in [0.15, 0.2) is 48.9 Å². The highest BCUT2D eigenvalue weighted by Crippen LogP contribution is 2.27. The number of likely N-dealkylation sites (tertiary alicyclic amines) is 1. The van der Waals surface area contributed by atoms with Gasteiger partial charge in [-0.15, -0.1) is 0 Å². The number of nitrogens with one attached hydrogen (secondary N) is 2. The van der Waals surface area contributed by atoms with E-state index in [1.54, 1.807) is 29.3 Å². The largest absolute Gasteiger partial charge is 0.408 e. The number of pyridine rings is 2. The van der Waals surface area contributed by atoms with Crippen LogP contribution in [0.3, 0.4) is 0 Å². The number of fused-ring (bicyclic) bond motifs is 1. The van der Waals surface area contributed by atoms with Crippen molar-refractivity contribution in [2.75, 3.05) is 20.1 Å². The van der Waals surface area contributed by atoms with Crippen LogP contribution in [0.4, 0.5) is 13.2 Å². The van der Waals surface area contributed by atoms with Crippen molar-refractivity contribution < 1.29 is 18.0 Å². The Morgan fingerprint density at radius 2 is 2.09 bits per heavy atom. The van der Waals surface area contributed by atoms with Gasteiger partial charge in [0.15, 0.2) is 0 Å². The summed E-state index contributed by atoms with van der Waals surface area (Å²) in [5.41, 5.74) is 3.45. The molecular weight excluding hydrogens is 447 g/mol. The molecule has 0 bridgehead atoms.